The molecule has 0 saturated heterocycles. The number of amides is 1. The molecule has 0 aromatic heterocycles. The molecule has 292 valence electrons. The Labute approximate surface area is 308 Å². The number of carbonyl (C=O) groups is 1. The zero-order chi connectivity index (χ0) is 37.2. The minimum atomic E-state index is -4.60. The molecule has 3 atom stereocenters. The molecule has 0 aromatic rings. The Hall–Kier alpha value is -1.54. The predicted octanol–water partition coefficient (Wildman–Crippen LogP) is 9.89. The maximum atomic E-state index is 12.7. The molecular formula is C41H77N2O6P. The van der Waals surface area contributed by atoms with E-state index in [-0.39, 0.29) is 18.9 Å². The van der Waals surface area contributed by atoms with E-state index in [0.717, 1.165) is 38.5 Å². The summed E-state index contributed by atoms with van der Waals surface area (Å²) in [7, 11) is 1.21. The smallest absolute Gasteiger partial charge is 0.268 e. The topological polar surface area (TPSA) is 108 Å². The third-order valence-electron chi connectivity index (χ3n) is 8.49. The van der Waals surface area contributed by atoms with Crippen molar-refractivity contribution in [1.29, 1.82) is 0 Å². The Kier molecular flexibility index (Phi) is 32.3. The molecule has 0 heterocycles. The van der Waals surface area contributed by atoms with Gasteiger partial charge in [-0.3, -0.25) is 9.36 Å². The number of hydrogen-bond acceptors (Lipinski definition) is 6. The van der Waals surface area contributed by atoms with Crippen LogP contribution in [-0.2, 0) is 18.4 Å². The predicted molar refractivity (Wildman–Crippen MR) is 210 cm³/mol. The van der Waals surface area contributed by atoms with Gasteiger partial charge in [0, 0.05) is 6.42 Å². The van der Waals surface area contributed by atoms with Crippen molar-refractivity contribution in [2.75, 3.05) is 40.9 Å². The lowest BCUT2D eigenvalue weighted by molar-refractivity contribution is -0.870. The molecule has 2 N–H and O–H groups in total. The second-order valence-electron chi connectivity index (χ2n) is 14.6. The Bertz CT molecular complexity index is 959. The molecular weight excluding hydrogens is 647 g/mol. The van der Waals surface area contributed by atoms with Crippen molar-refractivity contribution in [3.05, 3.63) is 48.6 Å². The maximum absolute atomic E-state index is 12.7. The van der Waals surface area contributed by atoms with Crippen molar-refractivity contribution in [2.24, 2.45) is 0 Å². The van der Waals surface area contributed by atoms with Gasteiger partial charge in [-0.25, -0.2) is 0 Å². The summed E-state index contributed by atoms with van der Waals surface area (Å²) in [5.74, 6) is -0.251. The van der Waals surface area contributed by atoms with Gasteiger partial charge in [0.25, 0.3) is 7.82 Å². The van der Waals surface area contributed by atoms with Crippen LogP contribution in [0.15, 0.2) is 48.6 Å². The third kappa shape index (κ3) is 34.9. The number of aliphatic hydroxyl groups is 1. The molecule has 0 radical (unpaired) electrons. The van der Waals surface area contributed by atoms with E-state index in [2.05, 4.69) is 55.6 Å². The minimum absolute atomic E-state index is 0.0148. The molecule has 0 rings (SSSR count). The average Bonchev–Trinajstić information content (AvgIpc) is 3.06. The number of nitrogens with zero attached hydrogens (tertiary/aromatic N) is 1. The van der Waals surface area contributed by atoms with Gasteiger partial charge in [-0.15, -0.1) is 0 Å². The molecule has 1 amide bonds. The van der Waals surface area contributed by atoms with Crippen LogP contribution in [0.2, 0.25) is 0 Å². The van der Waals surface area contributed by atoms with Crippen molar-refractivity contribution in [3.8, 4) is 0 Å². The Morgan fingerprint density at radius 2 is 1.12 bits per heavy atom. The van der Waals surface area contributed by atoms with E-state index in [1.165, 1.54) is 89.9 Å². The summed E-state index contributed by atoms with van der Waals surface area (Å²) < 4.78 is 23.0. The quantitative estimate of drug-likeness (QED) is 0.0292. The van der Waals surface area contributed by atoms with Crippen LogP contribution in [0.25, 0.3) is 0 Å². The van der Waals surface area contributed by atoms with E-state index in [4.69, 9.17) is 9.05 Å². The Balaban J connectivity index is 4.56. The lowest BCUT2D eigenvalue weighted by atomic mass is 10.1. The Morgan fingerprint density at radius 1 is 0.680 bits per heavy atom. The Morgan fingerprint density at radius 3 is 1.64 bits per heavy atom. The first kappa shape index (κ1) is 48.5. The van der Waals surface area contributed by atoms with Crippen LogP contribution < -0.4 is 10.2 Å². The fourth-order valence-electron chi connectivity index (χ4n) is 5.24. The fourth-order valence-corrected chi connectivity index (χ4v) is 5.97. The standard InChI is InChI=1S/C41H77N2O6P/c1-6-8-10-12-14-16-17-18-19-20-21-22-23-24-25-27-28-30-32-34-40(44)39(38-49-50(46,47)48-37-36-43(3,4)5)42-41(45)35-33-31-29-26-15-13-11-9-7-2/h21-22,25-27,29,32,34,39-40,44H,6-20,23-24,28,30-31,33,35-38H2,1-5H3,(H-,42,45,46,47)/b22-21+,27-25+,29-26-,34-32+. The highest BCUT2D eigenvalue weighted by molar-refractivity contribution is 7.45. The van der Waals surface area contributed by atoms with Crippen LogP contribution in [-0.4, -0.2) is 68.5 Å². The van der Waals surface area contributed by atoms with E-state index in [1.54, 1.807) is 6.08 Å². The molecule has 0 aromatic carbocycles. The monoisotopic (exact) mass is 725 g/mol. The summed E-state index contributed by atoms with van der Waals surface area (Å²) >= 11 is 0. The largest absolute Gasteiger partial charge is 0.756 e. The van der Waals surface area contributed by atoms with Gasteiger partial charge in [0.05, 0.1) is 39.9 Å². The van der Waals surface area contributed by atoms with E-state index in [9.17, 15) is 19.4 Å². The third-order valence-corrected chi connectivity index (χ3v) is 9.45. The van der Waals surface area contributed by atoms with Crippen molar-refractivity contribution in [1.82, 2.24) is 5.32 Å². The number of unbranched alkanes of at least 4 members (excludes halogenated alkanes) is 16. The molecule has 0 aliphatic carbocycles. The molecule has 50 heavy (non-hydrogen) atoms. The van der Waals surface area contributed by atoms with Crippen LogP contribution >= 0.6 is 7.82 Å². The lowest BCUT2D eigenvalue weighted by Crippen LogP contribution is -2.45. The van der Waals surface area contributed by atoms with Crippen LogP contribution in [0.5, 0.6) is 0 Å². The zero-order valence-corrected chi connectivity index (χ0v) is 33.7. The van der Waals surface area contributed by atoms with E-state index >= 15 is 0 Å². The van der Waals surface area contributed by atoms with Gasteiger partial charge in [-0.2, -0.15) is 0 Å². The van der Waals surface area contributed by atoms with Crippen LogP contribution in [0.3, 0.4) is 0 Å². The van der Waals surface area contributed by atoms with Crippen LogP contribution in [0.4, 0.5) is 0 Å². The average molecular weight is 725 g/mol. The summed E-state index contributed by atoms with van der Waals surface area (Å²) in [6, 6.07) is -0.921. The number of phosphoric acid groups is 1. The zero-order valence-electron chi connectivity index (χ0n) is 32.8. The molecule has 9 heteroatoms. The highest BCUT2D eigenvalue weighted by atomic mass is 31.2. The second kappa shape index (κ2) is 33.3. The van der Waals surface area contributed by atoms with Crippen molar-refractivity contribution in [3.63, 3.8) is 0 Å². The number of hydrogen-bond donors (Lipinski definition) is 2. The molecule has 8 nitrogen and oxygen atoms in total. The number of quaternary nitrogens is 1. The molecule has 0 bridgehead atoms. The first-order valence-corrected chi connectivity index (χ1v) is 21.5. The molecule has 0 aliphatic heterocycles. The normalized spacial score (nSPS) is 15.1. The van der Waals surface area contributed by atoms with E-state index in [1.807, 2.05) is 27.2 Å². The first-order chi connectivity index (χ1) is 24.0. The van der Waals surface area contributed by atoms with Gasteiger partial charge in [0.15, 0.2) is 0 Å². The van der Waals surface area contributed by atoms with Gasteiger partial charge in [0.1, 0.15) is 13.2 Å². The maximum Gasteiger partial charge on any atom is 0.268 e. The highest BCUT2D eigenvalue weighted by Crippen LogP contribution is 2.38. The second-order valence-corrected chi connectivity index (χ2v) is 16.0. The number of rotatable bonds is 35. The molecule has 0 fully saturated rings. The number of likely N-dealkylation sites (N-methyl/N-ethyl adjacent to an activating group) is 1. The summed E-state index contributed by atoms with van der Waals surface area (Å²) in [6.45, 7) is 4.53. The SMILES string of the molecule is CCCCCC/C=C\CCCC(=O)NC(COP(=O)([O-])OCC[N+](C)(C)C)C(O)/C=C/CC/C=C/CC/C=C/CCCCCCCCCCC. The number of allylic oxidation sites excluding steroid dienone is 7. The summed E-state index contributed by atoms with van der Waals surface area (Å²) in [5, 5.41) is 13.6. The van der Waals surface area contributed by atoms with Crippen molar-refractivity contribution < 1.29 is 32.9 Å². The number of nitrogens with one attached hydrogen (secondary N) is 1. The number of carbonyl (C=O) groups excluding carboxylic acids is 1. The fraction of sp³-hybridized carbons (Fsp3) is 0.780. The summed E-state index contributed by atoms with van der Waals surface area (Å²) in [5.41, 5.74) is 0. The van der Waals surface area contributed by atoms with Crippen molar-refractivity contribution >= 4 is 13.7 Å². The minimum Gasteiger partial charge on any atom is -0.756 e. The van der Waals surface area contributed by atoms with Crippen molar-refractivity contribution in [2.45, 2.75) is 167 Å². The highest BCUT2D eigenvalue weighted by Gasteiger charge is 2.23. The summed E-state index contributed by atoms with van der Waals surface area (Å²) in [4.78, 5) is 25.1. The van der Waals surface area contributed by atoms with E-state index < -0.39 is 26.6 Å². The van der Waals surface area contributed by atoms with Crippen LogP contribution in [0, 0.1) is 0 Å². The van der Waals surface area contributed by atoms with E-state index in [0.29, 0.717) is 17.4 Å². The van der Waals surface area contributed by atoms with Gasteiger partial charge in [-0.1, -0.05) is 133 Å². The van der Waals surface area contributed by atoms with Gasteiger partial charge < -0.3 is 28.8 Å². The first-order valence-electron chi connectivity index (χ1n) is 20.0. The van der Waals surface area contributed by atoms with Gasteiger partial charge in [-0.05, 0) is 64.2 Å². The summed E-state index contributed by atoms with van der Waals surface area (Å²) in [6.07, 6.45) is 40.3. The molecule has 0 spiro atoms. The number of phosphoric ester groups is 1. The van der Waals surface area contributed by atoms with Gasteiger partial charge >= 0.3 is 0 Å². The molecule has 3 unspecified atom stereocenters. The lowest BCUT2D eigenvalue weighted by Gasteiger charge is -2.29. The molecule has 0 aliphatic rings. The van der Waals surface area contributed by atoms with Gasteiger partial charge in [0.2, 0.25) is 5.91 Å². The number of aliphatic hydroxyl groups excluding tert-OH is 1. The van der Waals surface area contributed by atoms with Crippen LogP contribution in [0.1, 0.15) is 155 Å². The molecule has 0 saturated carbocycles.